The molecule has 88 valence electrons. The largest absolute Gasteiger partial charge is 0.496 e. The van der Waals surface area contributed by atoms with E-state index in [1.165, 1.54) is 0 Å². The Morgan fingerprint density at radius 2 is 1.94 bits per heavy atom. The molecule has 0 spiro atoms. The first-order valence-corrected chi connectivity index (χ1v) is 5.34. The summed E-state index contributed by atoms with van der Waals surface area (Å²) in [6.45, 7) is 5.92. The van der Waals surface area contributed by atoms with Crippen LogP contribution in [0, 0.1) is 0 Å². The number of ether oxygens (including phenoxy) is 2. The molecular formula is C13H18O3. The van der Waals surface area contributed by atoms with Crippen LogP contribution in [0.25, 0.3) is 0 Å². The maximum absolute atomic E-state index is 12.2. The van der Waals surface area contributed by atoms with Crippen molar-refractivity contribution in [2.45, 2.75) is 26.4 Å². The van der Waals surface area contributed by atoms with Gasteiger partial charge in [-0.15, -0.1) is 0 Å². The fourth-order valence-electron chi connectivity index (χ4n) is 1.58. The van der Waals surface area contributed by atoms with Crippen LogP contribution in [0.15, 0.2) is 24.3 Å². The Kier molecular flexibility index (Phi) is 4.07. The lowest BCUT2D eigenvalue weighted by Crippen LogP contribution is -2.35. The normalized spacial score (nSPS) is 11.2. The third-order valence-electron chi connectivity index (χ3n) is 2.40. The number of rotatable bonds is 5. The molecule has 0 radical (unpaired) electrons. The number of Topliss-reactive ketones (excluding diaryl/α,β-unsaturated/α-hetero) is 1. The first kappa shape index (κ1) is 12.7. The van der Waals surface area contributed by atoms with E-state index in [4.69, 9.17) is 9.47 Å². The Morgan fingerprint density at radius 3 is 2.50 bits per heavy atom. The topological polar surface area (TPSA) is 35.5 Å². The number of carbonyl (C=O) groups is 1. The van der Waals surface area contributed by atoms with Crippen molar-refractivity contribution < 1.29 is 14.3 Å². The molecule has 3 nitrogen and oxygen atoms in total. The predicted molar refractivity (Wildman–Crippen MR) is 63.0 cm³/mol. The highest BCUT2D eigenvalue weighted by Gasteiger charge is 2.30. The van der Waals surface area contributed by atoms with Gasteiger partial charge in [0.2, 0.25) is 0 Å². The van der Waals surface area contributed by atoms with Gasteiger partial charge in [0, 0.05) is 6.61 Å². The van der Waals surface area contributed by atoms with Crippen LogP contribution in [0.4, 0.5) is 0 Å². The summed E-state index contributed by atoms with van der Waals surface area (Å²) in [5.41, 5.74) is -0.257. The first-order chi connectivity index (χ1) is 7.53. The molecule has 0 aliphatic rings. The number of ketones is 1. The summed E-state index contributed by atoms with van der Waals surface area (Å²) in [4.78, 5) is 12.2. The molecule has 0 aliphatic carbocycles. The van der Waals surface area contributed by atoms with E-state index < -0.39 is 5.60 Å². The van der Waals surface area contributed by atoms with Gasteiger partial charge >= 0.3 is 0 Å². The third kappa shape index (κ3) is 2.61. The summed E-state index contributed by atoms with van der Waals surface area (Å²) < 4.78 is 10.6. The quantitative estimate of drug-likeness (QED) is 0.718. The molecule has 0 saturated heterocycles. The van der Waals surface area contributed by atoms with Crippen molar-refractivity contribution in [1.29, 1.82) is 0 Å². The van der Waals surface area contributed by atoms with Crippen molar-refractivity contribution in [2.75, 3.05) is 13.7 Å². The summed E-state index contributed by atoms with van der Waals surface area (Å²) >= 11 is 0. The van der Waals surface area contributed by atoms with Crippen LogP contribution in [-0.2, 0) is 4.74 Å². The van der Waals surface area contributed by atoms with Crippen LogP contribution in [0.3, 0.4) is 0 Å². The maximum Gasteiger partial charge on any atom is 0.197 e. The zero-order valence-electron chi connectivity index (χ0n) is 10.2. The average Bonchev–Trinajstić information content (AvgIpc) is 2.28. The van der Waals surface area contributed by atoms with E-state index in [1.807, 2.05) is 19.1 Å². The molecule has 0 heterocycles. The Bertz CT molecular complexity index is 369. The number of hydrogen-bond donors (Lipinski definition) is 0. The minimum Gasteiger partial charge on any atom is -0.496 e. The Hall–Kier alpha value is -1.35. The van der Waals surface area contributed by atoms with Crippen molar-refractivity contribution in [3.63, 3.8) is 0 Å². The lowest BCUT2D eigenvalue weighted by Gasteiger charge is -2.23. The molecule has 3 heteroatoms. The van der Waals surface area contributed by atoms with Crippen molar-refractivity contribution in [2.24, 2.45) is 0 Å². The maximum atomic E-state index is 12.2. The molecule has 0 unspecified atom stereocenters. The summed E-state index contributed by atoms with van der Waals surface area (Å²) in [6.07, 6.45) is 0. The summed E-state index contributed by atoms with van der Waals surface area (Å²) in [7, 11) is 1.56. The van der Waals surface area contributed by atoms with Gasteiger partial charge < -0.3 is 9.47 Å². The highest BCUT2D eigenvalue weighted by molar-refractivity contribution is 6.04. The highest BCUT2D eigenvalue weighted by atomic mass is 16.5. The van der Waals surface area contributed by atoms with E-state index in [0.717, 1.165) is 0 Å². The van der Waals surface area contributed by atoms with Gasteiger partial charge in [-0.3, -0.25) is 4.79 Å². The molecule has 0 aromatic heterocycles. The summed E-state index contributed by atoms with van der Waals surface area (Å²) in [5, 5.41) is 0. The molecule has 0 atom stereocenters. The molecule has 0 amide bonds. The SMILES string of the molecule is CCOC(C)(C)C(=O)c1ccccc1OC. The van der Waals surface area contributed by atoms with E-state index in [9.17, 15) is 4.79 Å². The number of carbonyl (C=O) groups excluding carboxylic acids is 1. The summed E-state index contributed by atoms with van der Waals surface area (Å²) in [5.74, 6) is 0.520. The number of methoxy groups -OCH3 is 1. The van der Waals surface area contributed by atoms with E-state index in [0.29, 0.717) is 17.9 Å². The van der Waals surface area contributed by atoms with Crippen LogP contribution in [0.1, 0.15) is 31.1 Å². The Balaban J connectivity index is 3.04. The van der Waals surface area contributed by atoms with Crippen LogP contribution >= 0.6 is 0 Å². The molecule has 0 aliphatic heterocycles. The van der Waals surface area contributed by atoms with Gasteiger partial charge in [0.05, 0.1) is 12.7 Å². The average molecular weight is 222 g/mol. The van der Waals surface area contributed by atoms with Crippen LogP contribution in [0.5, 0.6) is 5.75 Å². The molecule has 1 aromatic rings. The van der Waals surface area contributed by atoms with E-state index in [2.05, 4.69) is 0 Å². The Labute approximate surface area is 96.4 Å². The molecule has 1 rings (SSSR count). The molecule has 16 heavy (non-hydrogen) atoms. The van der Waals surface area contributed by atoms with Gasteiger partial charge in [0.25, 0.3) is 0 Å². The number of hydrogen-bond acceptors (Lipinski definition) is 3. The van der Waals surface area contributed by atoms with E-state index >= 15 is 0 Å². The fourth-order valence-corrected chi connectivity index (χ4v) is 1.58. The predicted octanol–water partition coefficient (Wildman–Crippen LogP) is 2.69. The van der Waals surface area contributed by atoms with Gasteiger partial charge in [-0.05, 0) is 32.9 Å². The smallest absolute Gasteiger partial charge is 0.197 e. The van der Waals surface area contributed by atoms with Crippen LogP contribution < -0.4 is 4.74 Å². The van der Waals surface area contributed by atoms with Gasteiger partial charge in [-0.25, -0.2) is 0 Å². The van der Waals surface area contributed by atoms with Gasteiger partial charge in [0.15, 0.2) is 5.78 Å². The van der Waals surface area contributed by atoms with Gasteiger partial charge in [0.1, 0.15) is 11.4 Å². The fraction of sp³-hybridized carbons (Fsp3) is 0.462. The molecular weight excluding hydrogens is 204 g/mol. The van der Waals surface area contributed by atoms with Gasteiger partial charge in [-0.1, -0.05) is 12.1 Å². The van der Waals surface area contributed by atoms with Gasteiger partial charge in [-0.2, -0.15) is 0 Å². The van der Waals surface area contributed by atoms with E-state index in [1.54, 1.807) is 33.1 Å². The lowest BCUT2D eigenvalue weighted by atomic mass is 9.96. The molecule has 0 saturated carbocycles. The standard InChI is InChI=1S/C13H18O3/c1-5-16-13(2,3)12(14)10-8-6-7-9-11(10)15-4/h6-9H,5H2,1-4H3. The zero-order valence-corrected chi connectivity index (χ0v) is 10.2. The van der Waals surface area contributed by atoms with Crippen LogP contribution in [0.2, 0.25) is 0 Å². The minimum absolute atomic E-state index is 0.0631. The highest BCUT2D eigenvalue weighted by Crippen LogP contribution is 2.24. The first-order valence-electron chi connectivity index (χ1n) is 5.34. The number of benzene rings is 1. The van der Waals surface area contributed by atoms with Crippen molar-refractivity contribution in [3.05, 3.63) is 29.8 Å². The van der Waals surface area contributed by atoms with Crippen molar-refractivity contribution in [1.82, 2.24) is 0 Å². The number of para-hydroxylation sites is 1. The van der Waals surface area contributed by atoms with E-state index in [-0.39, 0.29) is 5.78 Å². The molecule has 0 bridgehead atoms. The zero-order chi connectivity index (χ0) is 12.2. The molecule has 0 N–H and O–H groups in total. The second kappa shape index (κ2) is 5.12. The lowest BCUT2D eigenvalue weighted by molar-refractivity contribution is 0.00107. The monoisotopic (exact) mass is 222 g/mol. The minimum atomic E-state index is -0.816. The second-order valence-electron chi connectivity index (χ2n) is 3.97. The molecule has 1 aromatic carbocycles. The second-order valence-corrected chi connectivity index (χ2v) is 3.97. The summed E-state index contributed by atoms with van der Waals surface area (Å²) in [6, 6.07) is 7.18. The Morgan fingerprint density at radius 1 is 1.31 bits per heavy atom. The van der Waals surface area contributed by atoms with Crippen LogP contribution in [-0.4, -0.2) is 25.1 Å². The molecule has 0 fully saturated rings. The third-order valence-corrected chi connectivity index (χ3v) is 2.40. The van der Waals surface area contributed by atoms with Crippen molar-refractivity contribution in [3.8, 4) is 5.75 Å². The van der Waals surface area contributed by atoms with Crippen molar-refractivity contribution >= 4 is 5.78 Å².